The first-order valence-electron chi connectivity index (χ1n) is 6.23. The predicted octanol–water partition coefficient (Wildman–Crippen LogP) is 3.38. The molecular formula is C14H17BrFNO. The number of hydrogen-bond donors (Lipinski definition) is 0. The van der Waals surface area contributed by atoms with E-state index >= 15 is 0 Å². The van der Waals surface area contributed by atoms with Crippen LogP contribution < -0.4 is 0 Å². The average Bonchev–Trinajstić information content (AvgIpc) is 2.41. The van der Waals surface area contributed by atoms with E-state index in [4.69, 9.17) is 0 Å². The highest BCUT2D eigenvalue weighted by Gasteiger charge is 2.23. The van der Waals surface area contributed by atoms with E-state index in [1.807, 2.05) is 4.90 Å². The van der Waals surface area contributed by atoms with Gasteiger partial charge in [-0.05, 0) is 43.4 Å². The van der Waals surface area contributed by atoms with Crippen molar-refractivity contribution in [2.75, 3.05) is 18.4 Å². The van der Waals surface area contributed by atoms with Crippen LogP contribution in [0.3, 0.4) is 0 Å². The van der Waals surface area contributed by atoms with Gasteiger partial charge in [-0.1, -0.05) is 22.0 Å². The Morgan fingerprint density at radius 3 is 2.67 bits per heavy atom. The molecule has 1 aliphatic rings. The molecule has 0 atom stereocenters. The number of carbonyl (C=O) groups is 1. The SMILES string of the molecule is Cc1ccc(C(=O)N2CCC(CBr)CC2)cc1F. The monoisotopic (exact) mass is 313 g/mol. The molecule has 98 valence electrons. The summed E-state index contributed by atoms with van der Waals surface area (Å²) in [5.41, 5.74) is 1.03. The van der Waals surface area contributed by atoms with Gasteiger partial charge in [-0.2, -0.15) is 0 Å². The molecule has 0 bridgehead atoms. The fourth-order valence-electron chi connectivity index (χ4n) is 2.20. The topological polar surface area (TPSA) is 20.3 Å². The van der Waals surface area contributed by atoms with Crippen molar-refractivity contribution in [3.8, 4) is 0 Å². The summed E-state index contributed by atoms with van der Waals surface area (Å²) >= 11 is 3.48. The first-order valence-corrected chi connectivity index (χ1v) is 7.35. The molecule has 0 N–H and O–H groups in total. The third-order valence-electron chi connectivity index (χ3n) is 3.54. The van der Waals surface area contributed by atoms with Crippen LogP contribution in [0.15, 0.2) is 18.2 Å². The molecule has 2 rings (SSSR count). The summed E-state index contributed by atoms with van der Waals surface area (Å²) in [4.78, 5) is 14.0. The maximum atomic E-state index is 13.4. The molecule has 1 heterocycles. The summed E-state index contributed by atoms with van der Waals surface area (Å²) in [7, 11) is 0. The molecule has 0 unspecified atom stereocenters. The third kappa shape index (κ3) is 2.91. The smallest absolute Gasteiger partial charge is 0.253 e. The van der Waals surface area contributed by atoms with Crippen molar-refractivity contribution >= 4 is 21.8 Å². The Morgan fingerprint density at radius 1 is 1.44 bits per heavy atom. The van der Waals surface area contributed by atoms with Crippen molar-refractivity contribution in [3.63, 3.8) is 0 Å². The van der Waals surface area contributed by atoms with E-state index in [9.17, 15) is 9.18 Å². The predicted molar refractivity (Wildman–Crippen MR) is 73.6 cm³/mol. The van der Waals surface area contributed by atoms with Crippen molar-refractivity contribution in [2.24, 2.45) is 5.92 Å². The van der Waals surface area contributed by atoms with Crippen molar-refractivity contribution in [2.45, 2.75) is 19.8 Å². The maximum Gasteiger partial charge on any atom is 0.253 e. The number of likely N-dealkylation sites (tertiary alicyclic amines) is 1. The highest BCUT2D eigenvalue weighted by Crippen LogP contribution is 2.21. The molecule has 1 aromatic rings. The van der Waals surface area contributed by atoms with E-state index in [1.54, 1.807) is 19.1 Å². The van der Waals surface area contributed by atoms with E-state index < -0.39 is 0 Å². The number of hydrogen-bond acceptors (Lipinski definition) is 1. The van der Waals surface area contributed by atoms with E-state index in [-0.39, 0.29) is 11.7 Å². The van der Waals surface area contributed by atoms with Crippen LogP contribution in [-0.2, 0) is 0 Å². The summed E-state index contributed by atoms with van der Waals surface area (Å²) in [6.07, 6.45) is 2.04. The Bertz CT molecular complexity index is 441. The quantitative estimate of drug-likeness (QED) is 0.766. The molecule has 1 aliphatic heterocycles. The van der Waals surface area contributed by atoms with Gasteiger partial charge in [-0.15, -0.1) is 0 Å². The first-order chi connectivity index (χ1) is 8.61. The molecule has 1 saturated heterocycles. The second-order valence-electron chi connectivity index (χ2n) is 4.85. The van der Waals surface area contributed by atoms with Crippen LogP contribution in [-0.4, -0.2) is 29.2 Å². The third-order valence-corrected chi connectivity index (χ3v) is 4.45. The zero-order valence-corrected chi connectivity index (χ0v) is 12.0. The lowest BCUT2D eigenvalue weighted by Crippen LogP contribution is -2.38. The minimum atomic E-state index is -0.309. The second kappa shape index (κ2) is 5.83. The minimum Gasteiger partial charge on any atom is -0.339 e. The van der Waals surface area contributed by atoms with Gasteiger partial charge < -0.3 is 4.90 Å². The molecular weight excluding hydrogens is 297 g/mol. The summed E-state index contributed by atoms with van der Waals surface area (Å²) in [6.45, 7) is 3.24. The van der Waals surface area contributed by atoms with Crippen molar-refractivity contribution in [1.82, 2.24) is 4.90 Å². The van der Waals surface area contributed by atoms with Crippen molar-refractivity contribution in [1.29, 1.82) is 0 Å². The lowest BCUT2D eigenvalue weighted by molar-refractivity contribution is 0.0698. The molecule has 0 saturated carbocycles. The number of alkyl halides is 1. The molecule has 0 spiro atoms. The highest BCUT2D eigenvalue weighted by atomic mass is 79.9. The van der Waals surface area contributed by atoms with Gasteiger partial charge in [0.05, 0.1) is 0 Å². The highest BCUT2D eigenvalue weighted by molar-refractivity contribution is 9.09. The number of halogens is 2. The summed E-state index contributed by atoms with van der Waals surface area (Å²) in [5, 5.41) is 0.994. The van der Waals surface area contributed by atoms with Crippen LogP contribution in [0, 0.1) is 18.7 Å². The van der Waals surface area contributed by atoms with Crippen molar-refractivity contribution in [3.05, 3.63) is 35.1 Å². The van der Waals surface area contributed by atoms with Crippen LogP contribution in [0.25, 0.3) is 0 Å². The van der Waals surface area contributed by atoms with Crippen LogP contribution in [0.5, 0.6) is 0 Å². The van der Waals surface area contributed by atoms with E-state index in [0.29, 0.717) is 17.0 Å². The van der Waals surface area contributed by atoms with Crippen LogP contribution in [0.1, 0.15) is 28.8 Å². The molecule has 1 fully saturated rings. The number of piperidine rings is 1. The number of aryl methyl sites for hydroxylation is 1. The largest absolute Gasteiger partial charge is 0.339 e. The first kappa shape index (κ1) is 13.5. The van der Waals surface area contributed by atoms with Crippen LogP contribution in [0.2, 0.25) is 0 Å². The standard InChI is InChI=1S/C14H17BrFNO/c1-10-2-3-12(8-13(10)16)14(18)17-6-4-11(9-15)5-7-17/h2-3,8,11H,4-7,9H2,1H3. The van der Waals surface area contributed by atoms with Crippen molar-refractivity contribution < 1.29 is 9.18 Å². The zero-order chi connectivity index (χ0) is 13.1. The zero-order valence-electron chi connectivity index (χ0n) is 10.5. The molecule has 1 aromatic carbocycles. The fraction of sp³-hybridized carbons (Fsp3) is 0.500. The number of carbonyl (C=O) groups excluding carboxylic acids is 1. The summed E-state index contributed by atoms with van der Waals surface area (Å²) < 4.78 is 13.4. The Kier molecular flexibility index (Phi) is 4.38. The summed E-state index contributed by atoms with van der Waals surface area (Å²) in [5.74, 6) is 0.293. The number of benzene rings is 1. The number of amides is 1. The van der Waals surface area contributed by atoms with Crippen LogP contribution >= 0.6 is 15.9 Å². The van der Waals surface area contributed by atoms with Gasteiger partial charge in [0, 0.05) is 24.0 Å². The Labute approximate surface area is 115 Å². The van der Waals surface area contributed by atoms with Gasteiger partial charge >= 0.3 is 0 Å². The van der Waals surface area contributed by atoms with Gasteiger partial charge in [0.1, 0.15) is 5.82 Å². The normalized spacial score (nSPS) is 16.9. The maximum absolute atomic E-state index is 13.4. The molecule has 1 amide bonds. The Morgan fingerprint density at radius 2 is 2.11 bits per heavy atom. The molecule has 2 nitrogen and oxygen atoms in total. The average molecular weight is 314 g/mol. The number of rotatable bonds is 2. The molecule has 0 aromatic heterocycles. The van der Waals surface area contributed by atoms with Gasteiger partial charge in [0.15, 0.2) is 0 Å². The van der Waals surface area contributed by atoms with Crippen LogP contribution in [0.4, 0.5) is 4.39 Å². The molecule has 0 radical (unpaired) electrons. The van der Waals surface area contributed by atoms with Gasteiger partial charge in [-0.3, -0.25) is 4.79 Å². The lowest BCUT2D eigenvalue weighted by Gasteiger charge is -2.31. The molecule has 18 heavy (non-hydrogen) atoms. The Hall–Kier alpha value is -0.900. The summed E-state index contributed by atoms with van der Waals surface area (Å²) in [6, 6.07) is 4.71. The van der Waals surface area contributed by atoms with Gasteiger partial charge in [0.25, 0.3) is 5.91 Å². The minimum absolute atomic E-state index is 0.0538. The van der Waals surface area contributed by atoms with E-state index in [1.165, 1.54) is 6.07 Å². The lowest BCUT2D eigenvalue weighted by atomic mass is 9.98. The fourth-order valence-corrected chi connectivity index (χ4v) is 2.85. The Balaban J connectivity index is 2.05. The molecule has 0 aliphatic carbocycles. The van der Waals surface area contributed by atoms with Gasteiger partial charge in [-0.25, -0.2) is 4.39 Å². The molecule has 4 heteroatoms. The van der Waals surface area contributed by atoms with E-state index in [0.717, 1.165) is 31.3 Å². The number of nitrogens with zero attached hydrogens (tertiary/aromatic N) is 1. The second-order valence-corrected chi connectivity index (χ2v) is 5.50. The van der Waals surface area contributed by atoms with E-state index in [2.05, 4.69) is 15.9 Å². The van der Waals surface area contributed by atoms with Gasteiger partial charge in [0.2, 0.25) is 0 Å².